The number of carbonyl (C=O) groups is 2. The van der Waals surface area contributed by atoms with Crippen LogP contribution < -0.4 is 14.8 Å². The van der Waals surface area contributed by atoms with Gasteiger partial charge in [-0.05, 0) is 47.9 Å². The van der Waals surface area contributed by atoms with E-state index in [9.17, 15) is 9.59 Å². The highest BCUT2D eigenvalue weighted by Crippen LogP contribution is 2.31. The molecule has 3 amide bonds. The third-order valence-electron chi connectivity index (χ3n) is 5.43. The number of carbonyl (C=O) groups excluding carboxylic acids is 2. The minimum atomic E-state index is -1.12. The second kappa shape index (κ2) is 8.52. The molecule has 0 saturated carbocycles. The molecule has 0 bridgehead atoms. The number of hydrogen-bond acceptors (Lipinski definition) is 4. The van der Waals surface area contributed by atoms with Crippen LogP contribution in [0.4, 0.5) is 4.79 Å². The van der Waals surface area contributed by atoms with Gasteiger partial charge in [-0.15, -0.1) is 0 Å². The summed E-state index contributed by atoms with van der Waals surface area (Å²) in [5.74, 6) is 1.08. The van der Waals surface area contributed by atoms with Gasteiger partial charge in [0, 0.05) is 0 Å². The van der Waals surface area contributed by atoms with Crippen molar-refractivity contribution in [2.45, 2.75) is 25.6 Å². The number of imide groups is 1. The molecule has 0 aliphatic carbocycles. The van der Waals surface area contributed by atoms with E-state index in [-0.39, 0.29) is 12.5 Å². The fourth-order valence-electron chi connectivity index (χ4n) is 3.62. The van der Waals surface area contributed by atoms with E-state index in [0.717, 1.165) is 11.1 Å². The second-order valence-corrected chi connectivity index (χ2v) is 7.60. The first-order valence-electron chi connectivity index (χ1n) is 10.0. The molecular weight excluding hydrogens is 392 g/mol. The highest BCUT2D eigenvalue weighted by Gasteiger charge is 2.48. The maximum Gasteiger partial charge on any atom is 0.325 e. The van der Waals surface area contributed by atoms with Crippen LogP contribution in [-0.4, -0.2) is 23.9 Å². The SMILES string of the molecule is COc1ccc(C2(C)NC(=O)N(Cc3cccc(OCc4ccccc4)c3)C2=O)cc1. The summed E-state index contributed by atoms with van der Waals surface area (Å²) in [7, 11) is 1.58. The summed E-state index contributed by atoms with van der Waals surface area (Å²) < 4.78 is 11.0. The number of rotatable bonds is 7. The minimum Gasteiger partial charge on any atom is -0.497 e. The van der Waals surface area contributed by atoms with Gasteiger partial charge in [-0.2, -0.15) is 0 Å². The van der Waals surface area contributed by atoms with E-state index in [2.05, 4.69) is 5.32 Å². The van der Waals surface area contributed by atoms with Gasteiger partial charge in [-0.3, -0.25) is 9.69 Å². The van der Waals surface area contributed by atoms with E-state index in [0.29, 0.717) is 23.7 Å². The average Bonchev–Trinajstić information content (AvgIpc) is 3.02. The van der Waals surface area contributed by atoms with Crippen LogP contribution >= 0.6 is 0 Å². The van der Waals surface area contributed by atoms with Crippen molar-refractivity contribution in [2.24, 2.45) is 0 Å². The summed E-state index contributed by atoms with van der Waals surface area (Å²) in [5, 5.41) is 2.83. The predicted octanol–water partition coefficient (Wildman–Crippen LogP) is 4.24. The zero-order chi connectivity index (χ0) is 21.8. The van der Waals surface area contributed by atoms with Gasteiger partial charge in [0.05, 0.1) is 13.7 Å². The number of benzene rings is 3. The van der Waals surface area contributed by atoms with Crippen molar-refractivity contribution < 1.29 is 19.1 Å². The summed E-state index contributed by atoms with van der Waals surface area (Å²) in [5.41, 5.74) is 1.46. The molecule has 0 aromatic heterocycles. The Kier molecular flexibility index (Phi) is 5.62. The Bertz CT molecular complexity index is 1080. The van der Waals surface area contributed by atoms with Gasteiger partial charge < -0.3 is 14.8 Å². The number of hydrogen-bond donors (Lipinski definition) is 1. The molecule has 4 rings (SSSR count). The standard InChI is InChI=1S/C25H24N2O4/c1-25(20-11-13-21(30-2)14-12-20)23(28)27(24(29)26-25)16-19-9-6-10-22(15-19)31-17-18-7-4-3-5-8-18/h3-15H,16-17H2,1-2H3,(H,26,29). The number of methoxy groups -OCH3 is 1. The highest BCUT2D eigenvalue weighted by molar-refractivity contribution is 6.07. The highest BCUT2D eigenvalue weighted by atomic mass is 16.5. The van der Waals surface area contributed by atoms with E-state index in [1.54, 1.807) is 38.3 Å². The van der Waals surface area contributed by atoms with Crippen LogP contribution in [0.1, 0.15) is 23.6 Å². The monoisotopic (exact) mass is 416 g/mol. The normalized spacial score (nSPS) is 18.1. The Morgan fingerprint density at radius 3 is 2.29 bits per heavy atom. The van der Waals surface area contributed by atoms with E-state index < -0.39 is 11.6 Å². The molecule has 1 fully saturated rings. The molecule has 1 heterocycles. The maximum absolute atomic E-state index is 13.2. The largest absolute Gasteiger partial charge is 0.497 e. The molecule has 6 heteroatoms. The molecule has 1 N–H and O–H groups in total. The molecule has 158 valence electrons. The van der Waals surface area contributed by atoms with Gasteiger partial charge in [-0.25, -0.2) is 4.79 Å². The summed E-state index contributed by atoms with van der Waals surface area (Å²) in [6.07, 6.45) is 0. The lowest BCUT2D eigenvalue weighted by molar-refractivity contribution is -0.131. The summed E-state index contributed by atoms with van der Waals surface area (Å²) in [6.45, 7) is 2.33. The van der Waals surface area contributed by atoms with Crippen molar-refractivity contribution in [1.29, 1.82) is 0 Å². The van der Waals surface area contributed by atoms with Gasteiger partial charge in [0.15, 0.2) is 0 Å². The maximum atomic E-state index is 13.2. The lowest BCUT2D eigenvalue weighted by Crippen LogP contribution is -2.40. The first-order valence-corrected chi connectivity index (χ1v) is 10.0. The van der Waals surface area contributed by atoms with Crippen molar-refractivity contribution in [2.75, 3.05) is 7.11 Å². The first-order chi connectivity index (χ1) is 15.0. The number of nitrogens with zero attached hydrogens (tertiary/aromatic N) is 1. The van der Waals surface area contributed by atoms with Crippen LogP contribution in [0.15, 0.2) is 78.9 Å². The van der Waals surface area contributed by atoms with Gasteiger partial charge in [0.1, 0.15) is 23.6 Å². The Morgan fingerprint density at radius 1 is 0.871 bits per heavy atom. The fraction of sp³-hybridized carbons (Fsp3) is 0.200. The molecule has 1 aliphatic heterocycles. The number of nitrogens with one attached hydrogen (secondary N) is 1. The van der Waals surface area contributed by atoms with Crippen molar-refractivity contribution in [3.63, 3.8) is 0 Å². The number of amides is 3. The Balaban J connectivity index is 1.47. The summed E-state index contributed by atoms with van der Waals surface area (Å²) in [6, 6.07) is 24.0. The van der Waals surface area contributed by atoms with Gasteiger partial charge in [-0.1, -0.05) is 54.6 Å². The smallest absolute Gasteiger partial charge is 0.325 e. The third kappa shape index (κ3) is 4.23. The Hall–Kier alpha value is -3.80. The lowest BCUT2D eigenvalue weighted by Gasteiger charge is -2.22. The number of ether oxygens (including phenoxy) is 2. The average molecular weight is 416 g/mol. The summed E-state index contributed by atoms with van der Waals surface area (Å²) in [4.78, 5) is 27.0. The van der Waals surface area contributed by atoms with Gasteiger partial charge in [0.2, 0.25) is 0 Å². The lowest BCUT2D eigenvalue weighted by atomic mass is 9.92. The topological polar surface area (TPSA) is 67.9 Å². The van der Waals surface area contributed by atoms with Crippen LogP contribution in [0.3, 0.4) is 0 Å². The number of urea groups is 1. The summed E-state index contributed by atoms with van der Waals surface area (Å²) >= 11 is 0. The molecular formula is C25H24N2O4. The molecule has 1 aliphatic rings. The molecule has 0 spiro atoms. The van der Waals surface area contributed by atoms with Crippen LogP contribution in [0.2, 0.25) is 0 Å². The van der Waals surface area contributed by atoms with Crippen LogP contribution in [0.5, 0.6) is 11.5 Å². The molecule has 1 saturated heterocycles. The van der Waals surface area contributed by atoms with Gasteiger partial charge in [0.25, 0.3) is 5.91 Å². The fourth-order valence-corrected chi connectivity index (χ4v) is 3.62. The van der Waals surface area contributed by atoms with E-state index in [4.69, 9.17) is 9.47 Å². The van der Waals surface area contributed by atoms with Crippen molar-refractivity contribution >= 4 is 11.9 Å². The van der Waals surface area contributed by atoms with Crippen molar-refractivity contribution in [3.05, 3.63) is 95.6 Å². The van der Waals surface area contributed by atoms with Crippen molar-refractivity contribution in [3.8, 4) is 11.5 Å². The van der Waals surface area contributed by atoms with Crippen LogP contribution in [0.25, 0.3) is 0 Å². The Morgan fingerprint density at radius 2 is 1.58 bits per heavy atom. The second-order valence-electron chi connectivity index (χ2n) is 7.60. The molecule has 1 atom stereocenters. The minimum absolute atomic E-state index is 0.166. The van der Waals surface area contributed by atoms with E-state index in [1.807, 2.05) is 54.6 Å². The third-order valence-corrected chi connectivity index (χ3v) is 5.43. The zero-order valence-electron chi connectivity index (χ0n) is 17.5. The first kappa shape index (κ1) is 20.5. The Labute approximate surface area is 181 Å². The quantitative estimate of drug-likeness (QED) is 0.585. The zero-order valence-corrected chi connectivity index (χ0v) is 17.5. The predicted molar refractivity (Wildman–Crippen MR) is 117 cm³/mol. The molecule has 0 radical (unpaired) electrons. The van der Waals surface area contributed by atoms with Crippen molar-refractivity contribution in [1.82, 2.24) is 10.2 Å². The molecule has 6 nitrogen and oxygen atoms in total. The van der Waals surface area contributed by atoms with E-state index >= 15 is 0 Å². The molecule has 3 aromatic carbocycles. The van der Waals surface area contributed by atoms with Crippen LogP contribution in [-0.2, 0) is 23.5 Å². The molecule has 1 unspecified atom stereocenters. The molecule has 3 aromatic rings. The van der Waals surface area contributed by atoms with Gasteiger partial charge >= 0.3 is 6.03 Å². The molecule has 31 heavy (non-hydrogen) atoms. The van der Waals surface area contributed by atoms with Crippen LogP contribution in [0, 0.1) is 0 Å². The van der Waals surface area contributed by atoms with E-state index in [1.165, 1.54) is 4.90 Å².